The first-order chi connectivity index (χ1) is 28.9. The fourth-order valence-electron chi connectivity index (χ4n) is 12.3. The van der Waals surface area contributed by atoms with Crippen molar-refractivity contribution in [2.24, 2.45) is 16.2 Å². The van der Waals surface area contributed by atoms with E-state index in [0.717, 1.165) is 65.6 Å². The number of nitrogens with one attached hydrogen (secondary N) is 3. The van der Waals surface area contributed by atoms with Crippen LogP contribution in [0.3, 0.4) is 0 Å². The normalized spacial score (nSPS) is 25.4. The molecule has 3 aromatic heterocycles. The summed E-state index contributed by atoms with van der Waals surface area (Å²) in [6, 6.07) is 17.1. The number of aromatic nitrogens is 4. The van der Waals surface area contributed by atoms with Gasteiger partial charge >= 0.3 is 5.97 Å². The van der Waals surface area contributed by atoms with Crippen LogP contribution >= 0.6 is 11.3 Å². The van der Waals surface area contributed by atoms with E-state index < -0.39 is 27.4 Å². The number of carboxylic acids is 1. The number of aromatic carboxylic acids is 1. The number of carboxylic acid groups (broad SMARTS) is 1. The number of hydrogen-bond acceptors (Lipinski definition) is 11. The van der Waals surface area contributed by atoms with Gasteiger partial charge in [-0.3, -0.25) is 24.1 Å². The van der Waals surface area contributed by atoms with Crippen LogP contribution < -0.4 is 20.9 Å². The third-order valence-corrected chi connectivity index (χ3v) is 14.9. The molecule has 15 nitrogen and oxygen atoms in total. The zero-order valence-corrected chi connectivity index (χ0v) is 36.1. The van der Waals surface area contributed by atoms with E-state index in [1.807, 2.05) is 71.1 Å². The summed E-state index contributed by atoms with van der Waals surface area (Å²) in [5.41, 5.74) is 4.65. The molecule has 5 aromatic rings. The lowest BCUT2D eigenvalue weighted by molar-refractivity contribution is -0.174. The van der Waals surface area contributed by atoms with E-state index in [1.54, 1.807) is 6.20 Å². The fourth-order valence-corrected chi connectivity index (χ4v) is 13.5. The minimum Gasteiger partial charge on any atom is -0.476 e. The summed E-state index contributed by atoms with van der Waals surface area (Å²) in [5.74, 6) is -1.55. The largest absolute Gasteiger partial charge is 0.476 e. The Balaban J connectivity index is 0.932. The molecule has 0 radical (unpaired) electrons. The quantitative estimate of drug-likeness (QED) is 0.0673. The first-order valence-corrected chi connectivity index (χ1v) is 23.1. The van der Waals surface area contributed by atoms with Gasteiger partial charge in [-0.25, -0.2) is 14.8 Å². The molecule has 1 aliphatic heterocycles. The summed E-state index contributed by atoms with van der Waals surface area (Å²) in [4.78, 5) is 51.1. The average Bonchev–Trinajstić information content (AvgIpc) is 3.75. The van der Waals surface area contributed by atoms with Gasteiger partial charge in [0, 0.05) is 54.1 Å². The van der Waals surface area contributed by atoms with Crippen molar-refractivity contribution < 1.29 is 32.5 Å². The second kappa shape index (κ2) is 15.0. The van der Waals surface area contributed by atoms with Crippen LogP contribution in [0.4, 0.5) is 10.9 Å². The number of thiazole rings is 1. The second-order valence-electron chi connectivity index (χ2n) is 18.7. The molecule has 4 saturated carbocycles. The SMILES string of the molecule is Cc1c(-c2ccc(N3CCc4cccc(C(=O)Nc5nc6ccccc6s5)c4C3)nc2C(=O)O)cnn1CC12CC3(C)CC(C)(C1)CC(NC(=O)CNCCS(=O)(=O)O)(C3)C2. The molecule has 4 bridgehead atoms. The number of fused-ring (bicyclic) bond motifs is 2. The lowest BCUT2D eigenvalue weighted by Crippen LogP contribution is -2.69. The van der Waals surface area contributed by atoms with Crippen molar-refractivity contribution in [2.45, 2.75) is 84.3 Å². The Morgan fingerprint density at radius 1 is 0.918 bits per heavy atom. The van der Waals surface area contributed by atoms with Crippen LogP contribution in [0, 0.1) is 23.2 Å². The Kier molecular flexibility index (Phi) is 10.1. The van der Waals surface area contributed by atoms with Crippen LogP contribution in [-0.4, -0.2) is 86.5 Å². The third kappa shape index (κ3) is 8.15. The van der Waals surface area contributed by atoms with E-state index in [1.165, 1.54) is 11.3 Å². The number of anilines is 2. The number of benzene rings is 2. The fraction of sp³-hybridized carbons (Fsp3) is 0.455. The molecule has 0 spiro atoms. The molecular weight excluding hydrogens is 817 g/mol. The Morgan fingerprint density at radius 2 is 1.69 bits per heavy atom. The van der Waals surface area contributed by atoms with Gasteiger partial charge in [0.1, 0.15) is 5.82 Å². The number of nitrogens with zero attached hydrogens (tertiary/aromatic N) is 5. The average molecular weight is 867 g/mol. The molecule has 320 valence electrons. The molecule has 2 atom stereocenters. The summed E-state index contributed by atoms with van der Waals surface area (Å²) < 4.78 is 34.3. The number of pyridine rings is 1. The van der Waals surface area contributed by atoms with E-state index in [2.05, 4.69) is 34.8 Å². The summed E-state index contributed by atoms with van der Waals surface area (Å²) in [5, 5.41) is 25.1. The highest BCUT2D eigenvalue weighted by molar-refractivity contribution is 7.85. The van der Waals surface area contributed by atoms with E-state index in [4.69, 9.17) is 14.6 Å². The first kappa shape index (κ1) is 41.1. The molecule has 4 heterocycles. The highest BCUT2D eigenvalue weighted by atomic mass is 32.2. The van der Waals surface area contributed by atoms with Crippen molar-refractivity contribution in [3.05, 3.63) is 88.9 Å². The van der Waals surface area contributed by atoms with Gasteiger partial charge < -0.3 is 20.6 Å². The van der Waals surface area contributed by atoms with Gasteiger partial charge in [-0.1, -0.05) is 49.4 Å². The zero-order chi connectivity index (χ0) is 43.0. The highest BCUT2D eigenvalue weighted by Crippen LogP contribution is 2.71. The van der Waals surface area contributed by atoms with E-state index in [0.29, 0.717) is 53.7 Å². The van der Waals surface area contributed by atoms with Crippen LogP contribution in [-0.2, 0) is 34.4 Å². The summed E-state index contributed by atoms with van der Waals surface area (Å²) >= 11 is 1.42. The smallest absolute Gasteiger partial charge is 0.355 e. The Hall–Kier alpha value is -5.23. The molecule has 10 rings (SSSR count). The minimum absolute atomic E-state index is 0.00519. The highest BCUT2D eigenvalue weighted by Gasteiger charge is 2.66. The van der Waals surface area contributed by atoms with Crippen molar-refractivity contribution in [2.75, 3.05) is 35.6 Å². The third-order valence-electron chi connectivity index (χ3n) is 13.2. The molecule has 2 amide bonds. The van der Waals surface area contributed by atoms with E-state index in [-0.39, 0.29) is 46.8 Å². The molecule has 17 heteroatoms. The number of carbonyl (C=O) groups excluding carboxylic acids is 2. The lowest BCUT2D eigenvalue weighted by atomic mass is 9.38. The number of rotatable bonds is 13. The number of amides is 2. The lowest BCUT2D eigenvalue weighted by Gasteiger charge is -2.69. The molecule has 4 aliphatic carbocycles. The summed E-state index contributed by atoms with van der Waals surface area (Å²) in [6.07, 6.45) is 7.91. The molecule has 5 aliphatic rings. The number of para-hydroxylation sites is 1. The minimum atomic E-state index is -4.13. The van der Waals surface area contributed by atoms with Gasteiger partial charge in [0.15, 0.2) is 10.8 Å². The maximum Gasteiger partial charge on any atom is 0.355 e. The zero-order valence-electron chi connectivity index (χ0n) is 34.5. The molecule has 61 heavy (non-hydrogen) atoms. The predicted octanol–water partition coefficient (Wildman–Crippen LogP) is 6.09. The molecule has 5 N–H and O–H groups in total. The Labute approximate surface area is 358 Å². The van der Waals surface area contributed by atoms with Crippen LogP contribution in [0.1, 0.15) is 90.0 Å². The molecule has 0 saturated heterocycles. The Morgan fingerprint density at radius 3 is 2.43 bits per heavy atom. The van der Waals surface area contributed by atoms with Gasteiger partial charge in [0.05, 0.1) is 28.7 Å². The maximum absolute atomic E-state index is 13.6. The number of carbonyl (C=O) groups is 3. The first-order valence-electron chi connectivity index (χ1n) is 20.7. The van der Waals surface area contributed by atoms with Gasteiger partial charge in [0.25, 0.3) is 16.0 Å². The summed E-state index contributed by atoms with van der Waals surface area (Å²) in [6.45, 7) is 8.12. The second-order valence-corrected chi connectivity index (χ2v) is 21.3. The van der Waals surface area contributed by atoms with Crippen LogP contribution in [0.2, 0.25) is 0 Å². The van der Waals surface area contributed by atoms with E-state index >= 15 is 0 Å². The molecular formula is C44H50N8O7S2. The molecule has 2 unspecified atom stereocenters. The van der Waals surface area contributed by atoms with Crippen molar-refractivity contribution >= 4 is 60.4 Å². The van der Waals surface area contributed by atoms with Gasteiger partial charge in [-0.05, 0) is 110 Å². The topological polar surface area (TPSA) is 209 Å². The Bertz CT molecular complexity index is 2660. The standard InChI is InChI=1S/C44H50N8O7S2/c1-27-31(17-46-52(27)26-43-21-41(2)20-42(3,22-43)24-44(23-41,25-43)50-36(53)18-45-14-16-61(57,58)59)29-11-12-35(48-37(29)39(55)56)51-15-13-28-7-6-8-30(32(28)19-51)38(54)49-40-47-33-9-4-5-10-34(33)60-40/h4-12,17,45H,13-16,18-26H2,1-3H3,(H,50,53)(H,55,56)(H,47,49,54)(H,57,58,59). The number of hydrogen-bond donors (Lipinski definition) is 5. The predicted molar refractivity (Wildman–Crippen MR) is 232 cm³/mol. The van der Waals surface area contributed by atoms with Crippen molar-refractivity contribution in [1.29, 1.82) is 0 Å². The monoisotopic (exact) mass is 866 g/mol. The molecule has 4 fully saturated rings. The van der Waals surface area contributed by atoms with Crippen LogP contribution in [0.5, 0.6) is 0 Å². The van der Waals surface area contributed by atoms with E-state index in [9.17, 15) is 27.9 Å². The van der Waals surface area contributed by atoms with Crippen molar-refractivity contribution in [1.82, 2.24) is 30.4 Å². The van der Waals surface area contributed by atoms with Gasteiger partial charge in [0.2, 0.25) is 5.91 Å². The van der Waals surface area contributed by atoms with Gasteiger partial charge in [-0.2, -0.15) is 13.5 Å². The van der Waals surface area contributed by atoms with Crippen molar-refractivity contribution in [3.8, 4) is 11.1 Å². The van der Waals surface area contributed by atoms with Crippen LogP contribution in [0.25, 0.3) is 21.3 Å². The summed E-state index contributed by atoms with van der Waals surface area (Å²) in [7, 11) is -4.13. The molecule has 2 aromatic carbocycles. The van der Waals surface area contributed by atoms with Crippen molar-refractivity contribution in [3.63, 3.8) is 0 Å². The maximum atomic E-state index is 13.6. The van der Waals surface area contributed by atoms with Gasteiger partial charge in [-0.15, -0.1) is 0 Å². The van der Waals surface area contributed by atoms with Crippen LogP contribution in [0.15, 0.2) is 60.8 Å².